The molecule has 0 saturated carbocycles. The van der Waals surface area contributed by atoms with Crippen LogP contribution in [0.3, 0.4) is 0 Å². The van der Waals surface area contributed by atoms with Crippen LogP contribution in [0.1, 0.15) is 48.7 Å². The Labute approximate surface area is 93.6 Å². The van der Waals surface area contributed by atoms with Gasteiger partial charge in [-0.25, -0.2) is 0 Å². The van der Waals surface area contributed by atoms with Crippen LogP contribution in [0, 0.1) is 5.92 Å². The van der Waals surface area contributed by atoms with Crippen LogP contribution in [0.2, 0.25) is 0 Å². The summed E-state index contributed by atoms with van der Waals surface area (Å²) in [5.74, 6) is 0.440. The van der Waals surface area contributed by atoms with Gasteiger partial charge >= 0.3 is 0 Å². The van der Waals surface area contributed by atoms with Crippen LogP contribution in [0.15, 0.2) is 4.52 Å². The van der Waals surface area contributed by atoms with Crippen LogP contribution >= 0.6 is 0 Å². The minimum atomic E-state index is -0.655. The Bertz CT molecular complexity index is 377. The molecule has 1 aliphatic rings. The Kier molecular flexibility index (Phi) is 3.19. The van der Waals surface area contributed by atoms with E-state index in [0.29, 0.717) is 11.8 Å². The normalized spacial score (nSPS) is 25.6. The second kappa shape index (κ2) is 4.61. The van der Waals surface area contributed by atoms with Crippen LogP contribution in [0.5, 0.6) is 0 Å². The first-order chi connectivity index (χ1) is 7.70. The molecule has 0 aliphatic carbocycles. The van der Waals surface area contributed by atoms with Gasteiger partial charge in [0.25, 0.3) is 11.7 Å². The Morgan fingerprint density at radius 3 is 3.12 bits per heavy atom. The number of amides is 1. The molecule has 6 heteroatoms. The molecule has 2 heterocycles. The van der Waals surface area contributed by atoms with E-state index in [0.717, 1.165) is 19.4 Å². The van der Waals surface area contributed by atoms with Crippen LogP contribution in [0.25, 0.3) is 0 Å². The second-order valence-electron chi connectivity index (χ2n) is 4.13. The molecule has 2 rings (SSSR count). The Balaban J connectivity index is 2.08. The quantitative estimate of drug-likeness (QED) is 0.784. The van der Waals surface area contributed by atoms with Gasteiger partial charge in [0.05, 0.1) is 6.04 Å². The predicted octanol–water partition coefficient (Wildman–Crippen LogP) is 0.619. The highest BCUT2D eigenvalue weighted by Crippen LogP contribution is 2.27. The van der Waals surface area contributed by atoms with Crippen molar-refractivity contribution in [3.05, 3.63) is 11.7 Å². The zero-order valence-electron chi connectivity index (χ0n) is 9.27. The van der Waals surface area contributed by atoms with Crippen molar-refractivity contribution in [2.24, 2.45) is 11.7 Å². The number of nitrogens with two attached hydrogens (primary N) is 1. The highest BCUT2D eigenvalue weighted by atomic mass is 16.5. The number of carbonyl (C=O) groups excluding carboxylic acids is 1. The summed E-state index contributed by atoms with van der Waals surface area (Å²) < 4.78 is 5.03. The predicted molar refractivity (Wildman–Crippen MR) is 56.6 cm³/mol. The summed E-state index contributed by atoms with van der Waals surface area (Å²) in [7, 11) is 0. The van der Waals surface area contributed by atoms with Crippen molar-refractivity contribution in [3.63, 3.8) is 0 Å². The van der Waals surface area contributed by atoms with E-state index in [-0.39, 0.29) is 11.9 Å². The molecule has 0 spiro atoms. The largest absolute Gasteiger partial charge is 0.363 e. The van der Waals surface area contributed by atoms with Crippen LogP contribution in [0.4, 0.5) is 0 Å². The summed E-state index contributed by atoms with van der Waals surface area (Å²) in [6, 6.07) is 0.0549. The summed E-state index contributed by atoms with van der Waals surface area (Å²) in [6.07, 6.45) is 3.29. The molecule has 1 aliphatic heterocycles. The molecule has 2 atom stereocenters. The van der Waals surface area contributed by atoms with E-state index in [1.54, 1.807) is 0 Å². The maximum absolute atomic E-state index is 10.8. The number of primary amides is 1. The van der Waals surface area contributed by atoms with Crippen molar-refractivity contribution in [3.8, 4) is 0 Å². The minimum Gasteiger partial charge on any atom is -0.363 e. The molecule has 1 aromatic heterocycles. The zero-order chi connectivity index (χ0) is 11.5. The van der Waals surface area contributed by atoms with Crippen molar-refractivity contribution < 1.29 is 9.32 Å². The van der Waals surface area contributed by atoms with Gasteiger partial charge in [0.2, 0.25) is 5.89 Å². The average Bonchev–Trinajstić information content (AvgIpc) is 2.78. The van der Waals surface area contributed by atoms with Crippen molar-refractivity contribution in [1.29, 1.82) is 0 Å². The fourth-order valence-electron chi connectivity index (χ4n) is 2.03. The third-order valence-corrected chi connectivity index (χ3v) is 3.05. The third-order valence-electron chi connectivity index (χ3n) is 3.05. The van der Waals surface area contributed by atoms with Crippen LogP contribution in [-0.2, 0) is 0 Å². The molecule has 88 valence electrons. The van der Waals surface area contributed by atoms with Gasteiger partial charge in [0.1, 0.15) is 0 Å². The topological polar surface area (TPSA) is 94.0 Å². The summed E-state index contributed by atoms with van der Waals surface area (Å²) in [5, 5.41) is 6.84. The molecule has 1 aromatic rings. The number of hydrogen-bond acceptors (Lipinski definition) is 5. The number of hydrogen-bond donors (Lipinski definition) is 2. The first kappa shape index (κ1) is 11.1. The van der Waals surface area contributed by atoms with Crippen LogP contribution < -0.4 is 11.1 Å². The summed E-state index contributed by atoms with van der Waals surface area (Å²) in [6.45, 7) is 3.12. The molecule has 2 unspecified atom stereocenters. The van der Waals surface area contributed by atoms with Gasteiger partial charge < -0.3 is 15.6 Å². The lowest BCUT2D eigenvalue weighted by molar-refractivity contribution is 0.0987. The van der Waals surface area contributed by atoms with E-state index in [4.69, 9.17) is 10.3 Å². The van der Waals surface area contributed by atoms with E-state index < -0.39 is 5.91 Å². The molecule has 1 amide bonds. The lowest BCUT2D eigenvalue weighted by Gasteiger charge is -2.27. The van der Waals surface area contributed by atoms with Gasteiger partial charge in [-0.1, -0.05) is 18.5 Å². The fourth-order valence-corrected chi connectivity index (χ4v) is 2.03. The van der Waals surface area contributed by atoms with E-state index in [1.807, 2.05) is 0 Å². The number of aromatic nitrogens is 2. The van der Waals surface area contributed by atoms with Gasteiger partial charge in [-0.15, -0.1) is 0 Å². The van der Waals surface area contributed by atoms with Crippen molar-refractivity contribution in [2.45, 2.75) is 32.2 Å². The standard InChI is InChI=1S/C10H16N4O2/c1-2-6-3-4-12-7(5-6)10-13-9(8(11)15)14-16-10/h6-7,12H,2-5H2,1H3,(H2,11,15). The second-order valence-corrected chi connectivity index (χ2v) is 4.13. The zero-order valence-corrected chi connectivity index (χ0v) is 9.27. The summed E-state index contributed by atoms with van der Waals surface area (Å²) in [5.41, 5.74) is 5.07. The van der Waals surface area contributed by atoms with Gasteiger partial charge in [-0.3, -0.25) is 4.79 Å². The molecule has 1 fully saturated rings. The molecular weight excluding hydrogens is 208 g/mol. The lowest BCUT2D eigenvalue weighted by Crippen LogP contribution is -2.31. The molecule has 6 nitrogen and oxygen atoms in total. The van der Waals surface area contributed by atoms with E-state index in [9.17, 15) is 4.79 Å². The van der Waals surface area contributed by atoms with Gasteiger partial charge in [0.15, 0.2) is 0 Å². The molecule has 16 heavy (non-hydrogen) atoms. The van der Waals surface area contributed by atoms with Crippen molar-refractivity contribution in [1.82, 2.24) is 15.5 Å². The Morgan fingerprint density at radius 2 is 2.50 bits per heavy atom. The highest BCUT2D eigenvalue weighted by Gasteiger charge is 2.26. The first-order valence-electron chi connectivity index (χ1n) is 5.57. The molecule has 1 saturated heterocycles. The van der Waals surface area contributed by atoms with Gasteiger partial charge in [-0.05, 0) is 25.3 Å². The number of nitrogens with zero attached hydrogens (tertiary/aromatic N) is 2. The fraction of sp³-hybridized carbons (Fsp3) is 0.700. The van der Waals surface area contributed by atoms with Gasteiger partial charge in [-0.2, -0.15) is 4.98 Å². The molecule has 0 radical (unpaired) electrons. The number of piperidine rings is 1. The molecule has 0 aromatic carbocycles. The number of nitrogens with one attached hydrogen (secondary N) is 1. The first-order valence-corrected chi connectivity index (χ1v) is 5.57. The average molecular weight is 224 g/mol. The molecular formula is C10H16N4O2. The Hall–Kier alpha value is -1.43. The van der Waals surface area contributed by atoms with E-state index in [1.165, 1.54) is 6.42 Å². The maximum Gasteiger partial charge on any atom is 0.290 e. The maximum atomic E-state index is 10.8. The highest BCUT2D eigenvalue weighted by molar-refractivity contribution is 5.88. The SMILES string of the molecule is CCC1CCNC(c2nc(C(N)=O)no2)C1. The van der Waals surface area contributed by atoms with E-state index >= 15 is 0 Å². The lowest BCUT2D eigenvalue weighted by atomic mass is 9.90. The summed E-state index contributed by atoms with van der Waals surface area (Å²) >= 11 is 0. The van der Waals surface area contributed by atoms with Gasteiger partial charge in [0, 0.05) is 0 Å². The number of carbonyl (C=O) groups is 1. The monoisotopic (exact) mass is 224 g/mol. The third kappa shape index (κ3) is 2.21. The van der Waals surface area contributed by atoms with E-state index in [2.05, 4.69) is 22.4 Å². The van der Waals surface area contributed by atoms with Crippen LogP contribution in [-0.4, -0.2) is 22.6 Å². The van der Waals surface area contributed by atoms with Crippen molar-refractivity contribution in [2.75, 3.05) is 6.54 Å². The molecule has 0 bridgehead atoms. The molecule has 3 N–H and O–H groups in total. The summed E-state index contributed by atoms with van der Waals surface area (Å²) in [4.78, 5) is 14.8. The smallest absolute Gasteiger partial charge is 0.290 e. The minimum absolute atomic E-state index is 0.0459. The number of rotatable bonds is 3. The Morgan fingerprint density at radius 1 is 1.69 bits per heavy atom. The van der Waals surface area contributed by atoms with Crippen molar-refractivity contribution >= 4 is 5.91 Å².